The van der Waals surface area contributed by atoms with E-state index in [4.69, 9.17) is 15.6 Å². The standard InChI is InChI=1S/C18H29N3O4/c1-18(2,3)25-16(22)13-21(12-14-8-4-6-10-20-14)11-7-5-9-15(19)17(23)24/h4,6,8,10,15H,5,7,9,11-13,19H2,1-3H3,(H,23,24)/t15-/m0/s1. The molecule has 25 heavy (non-hydrogen) atoms. The molecule has 0 radical (unpaired) electrons. The molecule has 140 valence electrons. The summed E-state index contributed by atoms with van der Waals surface area (Å²) in [6.07, 6.45) is 3.56. The first kappa shape index (κ1) is 21.1. The van der Waals surface area contributed by atoms with Crippen LogP contribution in [0.4, 0.5) is 0 Å². The van der Waals surface area contributed by atoms with Gasteiger partial charge in [-0.25, -0.2) is 0 Å². The SMILES string of the molecule is CC(C)(C)OC(=O)CN(CCCC[C@H](N)C(=O)O)Cc1ccccn1. The molecule has 7 nitrogen and oxygen atoms in total. The molecule has 0 aliphatic carbocycles. The Labute approximate surface area is 149 Å². The van der Waals surface area contributed by atoms with Crippen molar-refractivity contribution >= 4 is 11.9 Å². The molecule has 0 spiro atoms. The molecule has 1 heterocycles. The van der Waals surface area contributed by atoms with Gasteiger partial charge in [-0.2, -0.15) is 0 Å². The lowest BCUT2D eigenvalue weighted by molar-refractivity contribution is -0.156. The van der Waals surface area contributed by atoms with E-state index in [2.05, 4.69) is 4.98 Å². The minimum Gasteiger partial charge on any atom is -0.480 e. The van der Waals surface area contributed by atoms with Crippen LogP contribution in [0.1, 0.15) is 45.7 Å². The minimum atomic E-state index is -0.987. The fraction of sp³-hybridized carbons (Fsp3) is 0.611. The number of carboxylic acids is 1. The molecule has 1 atom stereocenters. The average Bonchev–Trinajstić information content (AvgIpc) is 2.50. The number of carboxylic acid groups (broad SMARTS) is 1. The number of aliphatic carboxylic acids is 1. The molecule has 0 aromatic carbocycles. The van der Waals surface area contributed by atoms with Gasteiger partial charge in [0.1, 0.15) is 11.6 Å². The second kappa shape index (κ2) is 10.1. The summed E-state index contributed by atoms with van der Waals surface area (Å²) < 4.78 is 5.38. The molecule has 1 aromatic rings. The number of hydrogen-bond acceptors (Lipinski definition) is 6. The van der Waals surface area contributed by atoms with Crippen molar-refractivity contribution in [1.29, 1.82) is 0 Å². The Morgan fingerprint density at radius 2 is 2.04 bits per heavy atom. The monoisotopic (exact) mass is 351 g/mol. The van der Waals surface area contributed by atoms with Crippen molar-refractivity contribution in [2.75, 3.05) is 13.1 Å². The Morgan fingerprint density at radius 1 is 1.32 bits per heavy atom. The van der Waals surface area contributed by atoms with Crippen LogP contribution in [0.25, 0.3) is 0 Å². The lowest BCUT2D eigenvalue weighted by atomic mass is 10.1. The third-order valence-electron chi connectivity index (χ3n) is 3.44. The number of unbranched alkanes of at least 4 members (excludes halogenated alkanes) is 1. The molecule has 0 aliphatic heterocycles. The summed E-state index contributed by atoms with van der Waals surface area (Å²) in [7, 11) is 0. The average molecular weight is 351 g/mol. The third-order valence-corrected chi connectivity index (χ3v) is 3.44. The number of rotatable bonds is 10. The second-order valence-electron chi connectivity index (χ2n) is 7.06. The van der Waals surface area contributed by atoms with Gasteiger partial charge in [0.25, 0.3) is 0 Å². The van der Waals surface area contributed by atoms with E-state index in [9.17, 15) is 9.59 Å². The van der Waals surface area contributed by atoms with Crippen molar-refractivity contribution in [3.8, 4) is 0 Å². The number of nitrogens with two attached hydrogens (primary N) is 1. The normalized spacial score (nSPS) is 12.8. The predicted molar refractivity (Wildman–Crippen MR) is 94.8 cm³/mol. The topological polar surface area (TPSA) is 106 Å². The molecule has 0 amide bonds. The Bertz CT molecular complexity index is 543. The number of nitrogens with zero attached hydrogens (tertiary/aromatic N) is 2. The predicted octanol–water partition coefficient (Wildman–Crippen LogP) is 1.81. The first-order valence-electron chi connectivity index (χ1n) is 8.50. The number of carbonyl (C=O) groups is 2. The molecule has 1 aromatic heterocycles. The van der Waals surface area contributed by atoms with Gasteiger partial charge in [0.2, 0.25) is 0 Å². The Morgan fingerprint density at radius 3 is 2.60 bits per heavy atom. The van der Waals surface area contributed by atoms with E-state index in [1.807, 2.05) is 43.9 Å². The molecule has 3 N–H and O–H groups in total. The quantitative estimate of drug-likeness (QED) is 0.489. The van der Waals surface area contributed by atoms with Crippen LogP contribution in [0.5, 0.6) is 0 Å². The summed E-state index contributed by atoms with van der Waals surface area (Å²) in [5, 5.41) is 8.81. The highest BCUT2D eigenvalue weighted by Crippen LogP contribution is 2.10. The van der Waals surface area contributed by atoms with Crippen LogP contribution in [0.15, 0.2) is 24.4 Å². The highest BCUT2D eigenvalue weighted by atomic mass is 16.6. The summed E-state index contributed by atoms with van der Waals surface area (Å²) in [4.78, 5) is 29.1. The lowest BCUT2D eigenvalue weighted by Crippen LogP contribution is -2.35. The summed E-state index contributed by atoms with van der Waals surface area (Å²) in [6.45, 7) is 6.84. The number of pyridine rings is 1. The lowest BCUT2D eigenvalue weighted by Gasteiger charge is -2.25. The Balaban J connectivity index is 2.55. The van der Waals surface area contributed by atoms with Crippen molar-refractivity contribution in [3.05, 3.63) is 30.1 Å². The highest BCUT2D eigenvalue weighted by Gasteiger charge is 2.19. The van der Waals surface area contributed by atoms with E-state index in [-0.39, 0.29) is 12.5 Å². The number of aromatic nitrogens is 1. The van der Waals surface area contributed by atoms with E-state index in [0.29, 0.717) is 25.9 Å². The fourth-order valence-corrected chi connectivity index (χ4v) is 2.31. The van der Waals surface area contributed by atoms with Crippen LogP contribution in [0.2, 0.25) is 0 Å². The number of esters is 1. The molecular weight excluding hydrogens is 322 g/mol. The molecule has 0 unspecified atom stereocenters. The Kier molecular flexibility index (Phi) is 8.51. The summed E-state index contributed by atoms with van der Waals surface area (Å²) in [5.41, 5.74) is 5.85. The largest absolute Gasteiger partial charge is 0.480 e. The first-order valence-corrected chi connectivity index (χ1v) is 8.50. The van der Waals surface area contributed by atoms with Gasteiger partial charge in [0.05, 0.1) is 12.2 Å². The molecule has 7 heteroatoms. The number of hydrogen-bond donors (Lipinski definition) is 2. The van der Waals surface area contributed by atoms with Gasteiger partial charge in [-0.1, -0.05) is 12.5 Å². The van der Waals surface area contributed by atoms with Crippen LogP contribution < -0.4 is 5.73 Å². The maximum Gasteiger partial charge on any atom is 0.320 e. The molecule has 0 saturated heterocycles. The molecule has 1 rings (SSSR count). The smallest absolute Gasteiger partial charge is 0.320 e. The number of ether oxygens (including phenoxy) is 1. The summed E-state index contributed by atoms with van der Waals surface area (Å²) in [5.74, 6) is -1.27. The second-order valence-corrected chi connectivity index (χ2v) is 7.06. The van der Waals surface area contributed by atoms with Gasteiger partial charge < -0.3 is 15.6 Å². The van der Waals surface area contributed by atoms with Gasteiger partial charge in [0, 0.05) is 12.7 Å². The van der Waals surface area contributed by atoms with Crippen molar-refractivity contribution in [2.24, 2.45) is 5.73 Å². The van der Waals surface area contributed by atoms with Gasteiger partial charge in [-0.3, -0.25) is 19.5 Å². The molecule has 0 bridgehead atoms. The zero-order chi connectivity index (χ0) is 18.9. The van der Waals surface area contributed by atoms with Gasteiger partial charge >= 0.3 is 11.9 Å². The molecule has 0 saturated carbocycles. The third kappa shape index (κ3) is 9.79. The Hall–Kier alpha value is -1.99. The van der Waals surface area contributed by atoms with E-state index >= 15 is 0 Å². The summed E-state index contributed by atoms with van der Waals surface area (Å²) in [6, 6.07) is 4.81. The van der Waals surface area contributed by atoms with Crippen molar-refractivity contribution in [1.82, 2.24) is 9.88 Å². The summed E-state index contributed by atoms with van der Waals surface area (Å²) >= 11 is 0. The maximum absolute atomic E-state index is 12.1. The van der Waals surface area contributed by atoms with E-state index < -0.39 is 17.6 Å². The number of carbonyl (C=O) groups excluding carboxylic acids is 1. The van der Waals surface area contributed by atoms with E-state index in [1.54, 1.807) is 6.20 Å². The first-order chi connectivity index (χ1) is 11.7. The minimum absolute atomic E-state index is 0.166. The van der Waals surface area contributed by atoms with Crippen molar-refractivity contribution < 1.29 is 19.4 Å². The van der Waals surface area contributed by atoms with Crippen molar-refractivity contribution in [3.63, 3.8) is 0 Å². The van der Waals surface area contributed by atoms with Crippen LogP contribution in [0.3, 0.4) is 0 Å². The maximum atomic E-state index is 12.1. The van der Waals surface area contributed by atoms with Gasteiger partial charge in [-0.05, 0) is 52.3 Å². The molecule has 0 fully saturated rings. The van der Waals surface area contributed by atoms with Crippen LogP contribution in [-0.2, 0) is 20.9 Å². The van der Waals surface area contributed by atoms with Crippen LogP contribution >= 0.6 is 0 Å². The zero-order valence-corrected chi connectivity index (χ0v) is 15.3. The molecule has 0 aliphatic rings. The van der Waals surface area contributed by atoms with E-state index in [0.717, 1.165) is 12.1 Å². The van der Waals surface area contributed by atoms with Crippen LogP contribution in [0, 0.1) is 0 Å². The fourth-order valence-electron chi connectivity index (χ4n) is 2.31. The van der Waals surface area contributed by atoms with Gasteiger partial charge in [-0.15, -0.1) is 0 Å². The highest BCUT2D eigenvalue weighted by molar-refractivity contribution is 5.73. The van der Waals surface area contributed by atoms with E-state index in [1.165, 1.54) is 0 Å². The van der Waals surface area contributed by atoms with Crippen LogP contribution in [-0.4, -0.2) is 51.7 Å². The van der Waals surface area contributed by atoms with Gasteiger partial charge in [0.15, 0.2) is 0 Å². The molecular formula is C18H29N3O4. The zero-order valence-electron chi connectivity index (χ0n) is 15.3. The van der Waals surface area contributed by atoms with Crippen molar-refractivity contribution in [2.45, 2.75) is 58.2 Å².